The minimum absolute atomic E-state index is 0. The summed E-state index contributed by atoms with van der Waals surface area (Å²) < 4.78 is 0. The summed E-state index contributed by atoms with van der Waals surface area (Å²) >= 11 is 0. The molecule has 0 aromatic carbocycles. The monoisotopic (exact) mass is 156 g/mol. The van der Waals surface area contributed by atoms with E-state index in [0.717, 1.165) is 18.3 Å². The quantitative estimate of drug-likeness (QED) is 0.542. The first-order valence-corrected chi connectivity index (χ1v) is 4.62. The van der Waals surface area contributed by atoms with E-state index >= 15 is 0 Å². The molecule has 0 aliphatic heterocycles. The Morgan fingerprint density at radius 3 is 2.00 bits per heavy atom. The molecule has 0 heteroatoms. The van der Waals surface area contributed by atoms with E-state index < -0.39 is 0 Å². The SMILES string of the molecule is C#CCCC(C)C(C)C.CC.[HH]. The van der Waals surface area contributed by atoms with Crippen LogP contribution in [0.4, 0.5) is 0 Å². The van der Waals surface area contributed by atoms with Crippen LogP contribution in [0.15, 0.2) is 0 Å². The van der Waals surface area contributed by atoms with E-state index in [4.69, 9.17) is 6.42 Å². The summed E-state index contributed by atoms with van der Waals surface area (Å²) in [6, 6.07) is 0. The molecule has 1 unspecified atom stereocenters. The predicted octanol–water partition coefficient (Wildman–Crippen LogP) is 3.96. The molecule has 0 fully saturated rings. The molecular weight excluding hydrogens is 132 g/mol. The van der Waals surface area contributed by atoms with Gasteiger partial charge in [0.25, 0.3) is 0 Å². The van der Waals surface area contributed by atoms with Gasteiger partial charge in [0, 0.05) is 7.85 Å². The van der Waals surface area contributed by atoms with Crippen molar-refractivity contribution >= 4 is 0 Å². The molecule has 0 heterocycles. The van der Waals surface area contributed by atoms with Crippen LogP contribution in [0.1, 0.15) is 48.9 Å². The van der Waals surface area contributed by atoms with Gasteiger partial charge in [0.2, 0.25) is 0 Å². The maximum absolute atomic E-state index is 5.13. The third-order valence-electron chi connectivity index (χ3n) is 1.88. The molecule has 0 saturated carbocycles. The third kappa shape index (κ3) is 9.56. The lowest BCUT2D eigenvalue weighted by molar-refractivity contribution is 0.397. The molecule has 1 atom stereocenters. The van der Waals surface area contributed by atoms with Gasteiger partial charge in [0.15, 0.2) is 0 Å². The number of hydrogen-bond donors (Lipinski definition) is 0. The van der Waals surface area contributed by atoms with E-state index in [9.17, 15) is 0 Å². The molecule has 0 rings (SSSR count). The van der Waals surface area contributed by atoms with E-state index in [1.165, 1.54) is 6.42 Å². The zero-order valence-corrected chi connectivity index (χ0v) is 8.65. The van der Waals surface area contributed by atoms with Gasteiger partial charge in [-0.3, -0.25) is 0 Å². The summed E-state index contributed by atoms with van der Waals surface area (Å²) in [5, 5.41) is 0. The molecule has 0 bridgehead atoms. The third-order valence-corrected chi connectivity index (χ3v) is 1.88. The maximum atomic E-state index is 5.13. The van der Waals surface area contributed by atoms with Crippen molar-refractivity contribution in [3.63, 3.8) is 0 Å². The Morgan fingerprint density at radius 2 is 1.73 bits per heavy atom. The Labute approximate surface area is 73.9 Å². The van der Waals surface area contributed by atoms with Gasteiger partial charge in [-0.1, -0.05) is 34.6 Å². The molecule has 0 nitrogen and oxygen atoms in total. The number of terminal acetylenes is 1. The van der Waals surface area contributed by atoms with E-state index in [1.807, 2.05) is 13.8 Å². The summed E-state index contributed by atoms with van der Waals surface area (Å²) in [5.74, 6) is 4.21. The highest BCUT2D eigenvalue weighted by Gasteiger charge is 2.04. The second kappa shape index (κ2) is 9.56. The summed E-state index contributed by atoms with van der Waals surface area (Å²) in [6.07, 6.45) is 7.23. The lowest BCUT2D eigenvalue weighted by Crippen LogP contribution is -2.02. The van der Waals surface area contributed by atoms with E-state index in [2.05, 4.69) is 26.7 Å². The molecule has 0 aliphatic rings. The first kappa shape index (κ1) is 13.2. The van der Waals surface area contributed by atoms with Crippen LogP contribution >= 0.6 is 0 Å². The van der Waals surface area contributed by atoms with Crippen molar-refractivity contribution in [3.05, 3.63) is 0 Å². The summed E-state index contributed by atoms with van der Waals surface area (Å²) in [7, 11) is 0. The zero-order chi connectivity index (χ0) is 9.28. The molecule has 11 heavy (non-hydrogen) atoms. The Morgan fingerprint density at radius 1 is 1.27 bits per heavy atom. The Balaban J connectivity index is -0.000000249. The smallest absolute Gasteiger partial charge is 0.00886 e. The van der Waals surface area contributed by atoms with E-state index in [0.29, 0.717) is 0 Å². The van der Waals surface area contributed by atoms with E-state index in [1.54, 1.807) is 0 Å². The van der Waals surface area contributed by atoms with Gasteiger partial charge in [0.05, 0.1) is 0 Å². The van der Waals surface area contributed by atoms with Gasteiger partial charge < -0.3 is 0 Å². The van der Waals surface area contributed by atoms with Crippen molar-refractivity contribution in [3.8, 4) is 12.3 Å². The second-order valence-corrected chi connectivity index (χ2v) is 2.96. The largest absolute Gasteiger partial charge is 0.120 e. The molecule has 0 aromatic rings. The summed E-state index contributed by atoms with van der Waals surface area (Å²) in [5.41, 5.74) is 0. The summed E-state index contributed by atoms with van der Waals surface area (Å²) in [4.78, 5) is 0. The molecule has 0 saturated heterocycles. The highest BCUT2D eigenvalue weighted by atomic mass is 14.1. The average Bonchev–Trinajstić information content (AvgIpc) is 2.03. The highest BCUT2D eigenvalue weighted by molar-refractivity contribution is 4.83. The maximum Gasteiger partial charge on any atom is 0.00886 e. The highest BCUT2D eigenvalue weighted by Crippen LogP contribution is 2.14. The predicted molar refractivity (Wildman–Crippen MR) is 55.5 cm³/mol. The molecular formula is C11H24. The van der Waals surface area contributed by atoms with Crippen molar-refractivity contribution in [2.75, 3.05) is 0 Å². The van der Waals surface area contributed by atoms with Crippen molar-refractivity contribution in [1.82, 2.24) is 0 Å². The number of hydrogen-bond acceptors (Lipinski definition) is 0. The fraction of sp³-hybridized carbons (Fsp3) is 0.818. The van der Waals surface area contributed by atoms with Crippen LogP contribution in [0.2, 0.25) is 0 Å². The van der Waals surface area contributed by atoms with Gasteiger partial charge in [0.1, 0.15) is 0 Å². The molecule has 0 aromatic heterocycles. The van der Waals surface area contributed by atoms with Crippen LogP contribution in [-0.4, -0.2) is 0 Å². The van der Waals surface area contributed by atoms with Crippen molar-refractivity contribution in [2.24, 2.45) is 11.8 Å². The van der Waals surface area contributed by atoms with Crippen LogP contribution < -0.4 is 0 Å². The fourth-order valence-electron chi connectivity index (χ4n) is 0.644. The first-order valence-electron chi connectivity index (χ1n) is 4.62. The lowest BCUT2D eigenvalue weighted by atomic mass is 9.94. The van der Waals surface area contributed by atoms with Crippen molar-refractivity contribution in [1.29, 1.82) is 0 Å². The van der Waals surface area contributed by atoms with E-state index in [-0.39, 0.29) is 1.43 Å². The van der Waals surface area contributed by atoms with Gasteiger partial charge in [-0.25, -0.2) is 0 Å². The Bertz CT molecular complexity index is 100. The number of rotatable bonds is 3. The summed E-state index contributed by atoms with van der Waals surface area (Å²) in [6.45, 7) is 10.7. The molecule has 0 spiro atoms. The van der Waals surface area contributed by atoms with Crippen LogP contribution in [0, 0.1) is 24.2 Å². The Kier molecular flexibility index (Phi) is 11.4. The van der Waals surface area contributed by atoms with Crippen LogP contribution in [0.25, 0.3) is 0 Å². The minimum atomic E-state index is 0. The molecule has 68 valence electrons. The molecule has 0 aliphatic carbocycles. The minimum Gasteiger partial charge on any atom is -0.120 e. The molecule has 0 radical (unpaired) electrons. The van der Waals surface area contributed by atoms with Gasteiger partial charge >= 0.3 is 0 Å². The van der Waals surface area contributed by atoms with Gasteiger partial charge in [-0.05, 0) is 18.3 Å². The second-order valence-electron chi connectivity index (χ2n) is 2.96. The van der Waals surface area contributed by atoms with Crippen LogP contribution in [0.3, 0.4) is 0 Å². The fourth-order valence-corrected chi connectivity index (χ4v) is 0.644. The topological polar surface area (TPSA) is 0 Å². The molecule has 0 amide bonds. The zero-order valence-electron chi connectivity index (χ0n) is 8.65. The normalized spacial score (nSPS) is 11.4. The van der Waals surface area contributed by atoms with Crippen LogP contribution in [-0.2, 0) is 0 Å². The van der Waals surface area contributed by atoms with Gasteiger partial charge in [-0.2, -0.15) is 0 Å². The Hall–Kier alpha value is -0.440. The van der Waals surface area contributed by atoms with Crippen LogP contribution in [0.5, 0.6) is 0 Å². The molecule has 0 N–H and O–H groups in total. The lowest BCUT2D eigenvalue weighted by Gasteiger charge is -2.12. The van der Waals surface area contributed by atoms with Crippen molar-refractivity contribution < 1.29 is 1.43 Å². The van der Waals surface area contributed by atoms with Crippen molar-refractivity contribution in [2.45, 2.75) is 47.5 Å². The standard InChI is InChI=1S/C9H16.C2H6.H2/c1-5-6-7-9(4)8(2)3;1-2;/h1,8-9H,6-7H2,2-4H3;1-2H3;1H. The average molecular weight is 156 g/mol. The first-order chi connectivity index (χ1) is 5.18. The van der Waals surface area contributed by atoms with Gasteiger partial charge in [-0.15, -0.1) is 12.3 Å².